The van der Waals surface area contributed by atoms with Crippen LogP contribution >= 0.6 is 0 Å². The highest BCUT2D eigenvalue weighted by molar-refractivity contribution is 5.99. The van der Waals surface area contributed by atoms with E-state index in [0.29, 0.717) is 13.2 Å². The van der Waals surface area contributed by atoms with Crippen LogP contribution in [0.5, 0.6) is 11.5 Å². The molecule has 1 unspecified atom stereocenters. The van der Waals surface area contributed by atoms with Crippen LogP contribution in [0.2, 0.25) is 0 Å². The summed E-state index contributed by atoms with van der Waals surface area (Å²) in [4.78, 5) is 5.14. The minimum absolute atomic E-state index is 0.00640. The summed E-state index contributed by atoms with van der Waals surface area (Å²) in [5.41, 5.74) is 20.2. The Morgan fingerprint density at radius 1 is 0.534 bits per heavy atom. The van der Waals surface area contributed by atoms with Gasteiger partial charge < -0.3 is 19.3 Å². The van der Waals surface area contributed by atoms with Crippen LogP contribution in [0.3, 0.4) is 0 Å². The molecule has 0 radical (unpaired) electrons. The second kappa shape index (κ2) is 12.2. The number of fused-ring (bicyclic) bond motifs is 8. The molecule has 0 bridgehead atoms. The van der Waals surface area contributed by atoms with E-state index in [1.807, 2.05) is 0 Å². The van der Waals surface area contributed by atoms with Crippen molar-refractivity contribution in [1.82, 2.24) is 0 Å². The van der Waals surface area contributed by atoms with Crippen LogP contribution in [0, 0.1) is 6.92 Å². The van der Waals surface area contributed by atoms with Gasteiger partial charge in [-0.1, -0.05) is 106 Å². The lowest BCUT2D eigenvalue weighted by Crippen LogP contribution is -2.36. The first-order valence-electron chi connectivity index (χ1n) is 21.9. The van der Waals surface area contributed by atoms with Gasteiger partial charge in [0.15, 0.2) is 11.5 Å². The number of rotatable bonds is 2. The molecule has 0 fully saturated rings. The quantitative estimate of drug-likeness (QED) is 0.175. The Labute approximate surface area is 347 Å². The molecule has 1 atom stereocenters. The van der Waals surface area contributed by atoms with Crippen LogP contribution < -0.4 is 19.3 Å². The van der Waals surface area contributed by atoms with E-state index >= 15 is 0 Å². The highest BCUT2D eigenvalue weighted by atomic mass is 16.6. The smallest absolute Gasteiger partial charge is 0.185 e. The number of ether oxygens (including phenoxy) is 2. The van der Waals surface area contributed by atoms with Crippen molar-refractivity contribution >= 4 is 34.1 Å². The van der Waals surface area contributed by atoms with Crippen molar-refractivity contribution in [3.63, 3.8) is 0 Å². The van der Waals surface area contributed by atoms with Gasteiger partial charge in [0.2, 0.25) is 0 Å². The first-order chi connectivity index (χ1) is 27.3. The van der Waals surface area contributed by atoms with Crippen molar-refractivity contribution in [3.8, 4) is 11.5 Å². The number of anilines is 6. The monoisotopic (exact) mass is 770 g/mol. The molecule has 0 spiro atoms. The van der Waals surface area contributed by atoms with Crippen LogP contribution in [0.1, 0.15) is 158 Å². The summed E-state index contributed by atoms with van der Waals surface area (Å²) in [5.74, 6) is 1.68. The predicted molar refractivity (Wildman–Crippen MR) is 242 cm³/mol. The van der Waals surface area contributed by atoms with Gasteiger partial charge in [0.25, 0.3) is 0 Å². The third kappa shape index (κ3) is 5.45. The highest BCUT2D eigenvalue weighted by Gasteiger charge is 2.47. The molecule has 5 aromatic rings. The van der Waals surface area contributed by atoms with Crippen molar-refractivity contribution < 1.29 is 9.47 Å². The molecule has 4 heteroatoms. The van der Waals surface area contributed by atoms with Gasteiger partial charge in [0.1, 0.15) is 13.2 Å². The Morgan fingerprint density at radius 2 is 1.09 bits per heavy atom. The molecule has 0 saturated heterocycles. The molecule has 4 nitrogen and oxygen atoms in total. The highest BCUT2D eigenvalue weighted by Crippen LogP contribution is 2.65. The van der Waals surface area contributed by atoms with Gasteiger partial charge in [-0.3, -0.25) is 0 Å². The summed E-state index contributed by atoms with van der Waals surface area (Å²) in [7, 11) is 0. The zero-order valence-electron chi connectivity index (χ0n) is 37.0. The maximum absolute atomic E-state index is 6.68. The molecule has 5 aliphatic rings. The Balaban J connectivity index is 1.31. The lowest BCUT2D eigenvalue weighted by molar-refractivity contribution is 0.172. The fraction of sp³-hybridized carbons (Fsp3) is 0.444. The number of nitrogens with zero attached hydrogens (tertiary/aromatic N) is 2. The Kier molecular flexibility index (Phi) is 7.89. The molecule has 0 amide bonds. The normalized spacial score (nSPS) is 21.3. The topological polar surface area (TPSA) is 24.9 Å². The zero-order valence-corrected chi connectivity index (χ0v) is 37.0. The van der Waals surface area contributed by atoms with E-state index in [9.17, 15) is 0 Å². The maximum Gasteiger partial charge on any atom is 0.185 e. The molecular formula is C54H62N2O2. The van der Waals surface area contributed by atoms with Crippen LogP contribution in [-0.2, 0) is 27.1 Å². The Hall–Kier alpha value is -4.70. The summed E-state index contributed by atoms with van der Waals surface area (Å²) < 4.78 is 13.0. The van der Waals surface area contributed by atoms with Gasteiger partial charge in [-0.2, -0.15) is 0 Å². The van der Waals surface area contributed by atoms with Crippen molar-refractivity contribution in [2.45, 2.75) is 142 Å². The molecule has 300 valence electrons. The maximum atomic E-state index is 6.68. The third-order valence-corrected chi connectivity index (χ3v) is 14.9. The lowest BCUT2D eigenvalue weighted by Gasteiger charge is -2.49. The number of hydrogen-bond donors (Lipinski definition) is 0. The van der Waals surface area contributed by atoms with Gasteiger partial charge in [0, 0.05) is 22.9 Å². The molecule has 3 heterocycles. The summed E-state index contributed by atoms with van der Waals surface area (Å²) in [6, 6.07) is 31.3. The molecule has 10 rings (SSSR count). The second-order valence-electron chi connectivity index (χ2n) is 21.9. The van der Waals surface area contributed by atoms with Gasteiger partial charge in [-0.15, -0.1) is 0 Å². The van der Waals surface area contributed by atoms with E-state index in [1.165, 1.54) is 98.5 Å². The van der Waals surface area contributed by atoms with E-state index in [1.54, 1.807) is 0 Å². The second-order valence-corrected chi connectivity index (χ2v) is 21.9. The number of aryl methyl sites for hydroxylation is 1. The van der Waals surface area contributed by atoms with E-state index in [-0.39, 0.29) is 33.0 Å². The third-order valence-electron chi connectivity index (χ3n) is 14.9. The van der Waals surface area contributed by atoms with E-state index < -0.39 is 0 Å². The molecule has 5 aromatic carbocycles. The Bertz CT molecular complexity index is 2530. The molecule has 3 aliphatic heterocycles. The van der Waals surface area contributed by atoms with Gasteiger partial charge in [-0.25, -0.2) is 0 Å². The average molecular weight is 771 g/mol. The molecule has 0 N–H and O–H groups in total. The summed E-state index contributed by atoms with van der Waals surface area (Å²) >= 11 is 0. The van der Waals surface area contributed by atoms with Crippen molar-refractivity contribution in [2.24, 2.45) is 0 Å². The summed E-state index contributed by atoms with van der Waals surface area (Å²) in [6.07, 6.45) is 4.73. The molecule has 2 aliphatic carbocycles. The lowest BCUT2D eigenvalue weighted by atomic mass is 9.61. The van der Waals surface area contributed by atoms with Crippen LogP contribution in [0.4, 0.5) is 34.1 Å². The first kappa shape index (κ1) is 37.6. The van der Waals surface area contributed by atoms with Crippen LogP contribution in [0.25, 0.3) is 0 Å². The van der Waals surface area contributed by atoms with Gasteiger partial charge in [-0.05, 0) is 153 Å². The number of benzene rings is 5. The van der Waals surface area contributed by atoms with E-state index in [2.05, 4.69) is 172 Å². The fourth-order valence-corrected chi connectivity index (χ4v) is 11.2. The predicted octanol–water partition coefficient (Wildman–Crippen LogP) is 14.5. The van der Waals surface area contributed by atoms with Gasteiger partial charge >= 0.3 is 0 Å². The minimum Gasteiger partial charge on any atom is -0.486 e. The average Bonchev–Trinajstić information content (AvgIpc) is 3.17. The standard InChI is InChI=1S/C54H62N2O2/c1-32-27-43-47-44(28-32)56(34-15-13-33(14-16-34)50(2,3)4)48-36(18-20-45-49(48)58-26-25-57-45)46(47)37-30-40-41(54(11,12)24-23-53(40,9)10)31-42(37)55(43)35-17-19-38-39(29-35)52(7,8)22-21-51(38,5)6/h13-20,27-31,46H,21-26H2,1-12H3. The van der Waals surface area contributed by atoms with Crippen molar-refractivity contribution in [1.29, 1.82) is 0 Å². The van der Waals surface area contributed by atoms with Crippen LogP contribution in [-0.4, -0.2) is 13.2 Å². The molecule has 0 aromatic heterocycles. The number of hydrogen-bond acceptors (Lipinski definition) is 4. The van der Waals surface area contributed by atoms with E-state index in [0.717, 1.165) is 22.9 Å². The van der Waals surface area contributed by atoms with Gasteiger partial charge in [0.05, 0.1) is 22.7 Å². The Morgan fingerprint density at radius 3 is 1.72 bits per heavy atom. The molecule has 58 heavy (non-hydrogen) atoms. The fourth-order valence-electron chi connectivity index (χ4n) is 11.2. The van der Waals surface area contributed by atoms with Crippen molar-refractivity contribution in [3.05, 3.63) is 129 Å². The van der Waals surface area contributed by atoms with Crippen LogP contribution in [0.15, 0.2) is 78.9 Å². The summed E-state index contributed by atoms with van der Waals surface area (Å²) in [5, 5.41) is 0. The molecular weight excluding hydrogens is 709 g/mol. The minimum atomic E-state index is 0.00640. The van der Waals surface area contributed by atoms with Crippen molar-refractivity contribution in [2.75, 3.05) is 23.0 Å². The summed E-state index contributed by atoms with van der Waals surface area (Å²) in [6.45, 7) is 29.8. The molecule has 0 saturated carbocycles. The first-order valence-corrected chi connectivity index (χ1v) is 21.9. The largest absolute Gasteiger partial charge is 0.486 e. The zero-order chi connectivity index (χ0) is 40.9. The SMILES string of the molecule is Cc1cc2c3c(c1)N(c1ccc(C(C)(C)C)cc1)c1c(ccc4c1OCCO4)C3c1cc3c(cc1N2c1ccc2c(c1)C(C)(C)CCC2(C)C)C(C)(C)CCC3(C)C. The van der Waals surface area contributed by atoms with E-state index in [4.69, 9.17) is 9.47 Å².